The molecule has 0 amide bonds. The maximum atomic E-state index is 13.0. The number of hydrogen-bond donors (Lipinski definition) is 1. The molecule has 1 saturated carbocycles. The van der Waals surface area contributed by atoms with Gasteiger partial charge in [-0.3, -0.25) is 9.63 Å². The van der Waals surface area contributed by atoms with Crippen molar-refractivity contribution in [2.75, 3.05) is 13.7 Å². The maximum absolute atomic E-state index is 13.0. The van der Waals surface area contributed by atoms with E-state index in [9.17, 15) is 9.59 Å². The standard InChI is InChI=1S/C23H32N2O4/c1-22(2,3)29-25-13-11-18-14-19(24-15-17-8-6-5-7-9-17)10-12-23(18,20(25)16-26)21(27)28-4/h5-9,18-19,24H,10-15H2,1-4H3/t18-,19?,23+/m0/s1. The lowest BCUT2D eigenvalue weighted by atomic mass is 9.60. The van der Waals surface area contributed by atoms with Crippen LogP contribution in [0.1, 0.15) is 52.0 Å². The summed E-state index contributed by atoms with van der Waals surface area (Å²) < 4.78 is 5.18. The summed E-state index contributed by atoms with van der Waals surface area (Å²) in [6, 6.07) is 10.6. The van der Waals surface area contributed by atoms with Crippen LogP contribution in [-0.4, -0.2) is 42.3 Å². The second-order valence-electron chi connectivity index (χ2n) is 9.04. The van der Waals surface area contributed by atoms with Gasteiger partial charge in [0.25, 0.3) is 0 Å². The lowest BCUT2D eigenvalue weighted by Crippen LogP contribution is -2.57. The molecule has 1 N–H and O–H groups in total. The van der Waals surface area contributed by atoms with Crippen molar-refractivity contribution in [3.8, 4) is 0 Å². The van der Waals surface area contributed by atoms with E-state index in [2.05, 4.69) is 23.4 Å². The van der Waals surface area contributed by atoms with Crippen LogP contribution in [-0.2, 0) is 25.7 Å². The van der Waals surface area contributed by atoms with Gasteiger partial charge in [0, 0.05) is 19.1 Å². The predicted molar refractivity (Wildman–Crippen MR) is 110 cm³/mol. The Morgan fingerprint density at radius 3 is 2.62 bits per heavy atom. The molecule has 1 aromatic carbocycles. The van der Waals surface area contributed by atoms with Crippen LogP contribution in [0.2, 0.25) is 0 Å². The first-order valence-corrected chi connectivity index (χ1v) is 10.4. The Balaban J connectivity index is 1.79. The normalized spacial score (nSPS) is 27.2. The van der Waals surface area contributed by atoms with Crippen molar-refractivity contribution in [3.05, 3.63) is 41.6 Å². The minimum absolute atomic E-state index is 0.0215. The van der Waals surface area contributed by atoms with Gasteiger partial charge >= 0.3 is 5.97 Å². The average molecular weight is 401 g/mol. The van der Waals surface area contributed by atoms with Gasteiger partial charge in [0.1, 0.15) is 17.1 Å². The number of esters is 1. The number of piperidine rings is 1. The van der Waals surface area contributed by atoms with Crippen LogP contribution >= 0.6 is 0 Å². The molecule has 0 aromatic heterocycles. The zero-order valence-electron chi connectivity index (χ0n) is 17.9. The predicted octanol–water partition coefficient (Wildman–Crippen LogP) is 3.26. The van der Waals surface area contributed by atoms with E-state index in [1.54, 1.807) is 5.06 Å². The molecule has 0 radical (unpaired) electrons. The maximum Gasteiger partial charge on any atom is 0.318 e. The van der Waals surface area contributed by atoms with Crippen LogP contribution in [0.25, 0.3) is 0 Å². The number of benzene rings is 1. The highest BCUT2D eigenvalue weighted by Crippen LogP contribution is 2.52. The molecule has 2 fully saturated rings. The number of methoxy groups -OCH3 is 1. The molecule has 0 bridgehead atoms. The van der Waals surface area contributed by atoms with Crippen molar-refractivity contribution in [2.24, 2.45) is 11.3 Å². The Morgan fingerprint density at radius 1 is 1.28 bits per heavy atom. The monoisotopic (exact) mass is 400 g/mol. The number of hydroxylamine groups is 2. The van der Waals surface area contributed by atoms with Crippen molar-refractivity contribution in [3.63, 3.8) is 0 Å². The minimum Gasteiger partial charge on any atom is -0.468 e. The Labute approximate surface area is 173 Å². The second kappa shape index (κ2) is 8.70. The number of carbonyl (C=O) groups is 1. The van der Waals surface area contributed by atoms with Gasteiger partial charge in [-0.25, -0.2) is 9.86 Å². The van der Waals surface area contributed by atoms with Crippen LogP contribution in [0.3, 0.4) is 0 Å². The number of hydrogen-bond acceptors (Lipinski definition) is 6. The topological polar surface area (TPSA) is 67.9 Å². The largest absolute Gasteiger partial charge is 0.468 e. The Morgan fingerprint density at radius 2 is 2.00 bits per heavy atom. The zero-order valence-corrected chi connectivity index (χ0v) is 17.9. The average Bonchev–Trinajstić information content (AvgIpc) is 2.71. The third-order valence-electron chi connectivity index (χ3n) is 5.97. The summed E-state index contributed by atoms with van der Waals surface area (Å²) in [5.41, 5.74) is 0.0715. The van der Waals surface area contributed by atoms with E-state index in [-0.39, 0.29) is 17.6 Å². The fraction of sp³-hybridized carbons (Fsp3) is 0.609. The van der Waals surface area contributed by atoms with Crippen molar-refractivity contribution in [1.29, 1.82) is 0 Å². The molecular formula is C23H32N2O4. The number of nitrogens with zero attached hydrogens (tertiary/aromatic N) is 1. The van der Waals surface area contributed by atoms with Crippen molar-refractivity contribution >= 4 is 11.9 Å². The molecule has 29 heavy (non-hydrogen) atoms. The molecule has 3 rings (SSSR count). The van der Waals surface area contributed by atoms with Crippen LogP contribution < -0.4 is 5.32 Å². The van der Waals surface area contributed by atoms with Gasteiger partial charge < -0.3 is 10.1 Å². The van der Waals surface area contributed by atoms with Crippen LogP contribution in [0.4, 0.5) is 0 Å². The van der Waals surface area contributed by atoms with E-state index in [0.717, 1.165) is 25.8 Å². The summed E-state index contributed by atoms with van der Waals surface area (Å²) in [6.07, 6.45) is 2.91. The molecule has 1 aliphatic carbocycles. The molecule has 1 unspecified atom stereocenters. The molecule has 6 heteroatoms. The quantitative estimate of drug-likeness (QED) is 0.604. The third-order valence-corrected chi connectivity index (χ3v) is 5.97. The zero-order chi connectivity index (χ0) is 21.1. The van der Waals surface area contributed by atoms with E-state index in [1.165, 1.54) is 12.7 Å². The highest BCUT2D eigenvalue weighted by atomic mass is 16.7. The number of rotatable bonds is 5. The summed E-state index contributed by atoms with van der Waals surface area (Å²) in [6.45, 7) is 7.14. The smallest absolute Gasteiger partial charge is 0.318 e. The fourth-order valence-electron chi connectivity index (χ4n) is 4.71. The van der Waals surface area contributed by atoms with Gasteiger partial charge in [0.15, 0.2) is 0 Å². The summed E-state index contributed by atoms with van der Waals surface area (Å²) in [5, 5.41) is 5.20. The molecule has 1 saturated heterocycles. The van der Waals surface area contributed by atoms with E-state index in [1.807, 2.05) is 39.0 Å². The lowest BCUT2D eigenvalue weighted by molar-refractivity contribution is -0.236. The molecule has 3 atom stereocenters. The number of fused-ring (bicyclic) bond motifs is 1. The minimum atomic E-state index is -0.981. The number of ether oxygens (including phenoxy) is 1. The van der Waals surface area contributed by atoms with Gasteiger partial charge in [0.2, 0.25) is 0 Å². The summed E-state index contributed by atoms with van der Waals surface area (Å²) in [7, 11) is 1.39. The highest BCUT2D eigenvalue weighted by Gasteiger charge is 2.58. The van der Waals surface area contributed by atoms with Crippen molar-refractivity contribution < 1.29 is 19.2 Å². The Kier molecular flexibility index (Phi) is 6.47. The highest BCUT2D eigenvalue weighted by molar-refractivity contribution is 5.84. The SMILES string of the molecule is COC(=O)[C@]12CCC(NCc3ccccc3)C[C@@H]1CCN(OC(C)(C)C)C2=C=O. The first-order chi connectivity index (χ1) is 13.8. The first-order valence-electron chi connectivity index (χ1n) is 10.4. The van der Waals surface area contributed by atoms with E-state index in [0.29, 0.717) is 19.0 Å². The van der Waals surface area contributed by atoms with Crippen LogP contribution in [0.15, 0.2) is 36.0 Å². The van der Waals surface area contributed by atoms with Crippen LogP contribution in [0.5, 0.6) is 0 Å². The van der Waals surface area contributed by atoms with E-state index in [4.69, 9.17) is 9.57 Å². The Bertz CT molecular complexity index is 767. The molecule has 2 aliphatic rings. The summed E-state index contributed by atoms with van der Waals surface area (Å²) in [5.74, 6) is 1.72. The first kappa shape index (κ1) is 21.6. The number of nitrogens with one attached hydrogen (secondary N) is 1. The molecule has 6 nitrogen and oxygen atoms in total. The van der Waals surface area contributed by atoms with Gasteiger partial charge in [-0.15, -0.1) is 0 Å². The summed E-state index contributed by atoms with van der Waals surface area (Å²) in [4.78, 5) is 31.0. The molecule has 158 valence electrons. The van der Waals surface area contributed by atoms with Gasteiger partial charge in [0.05, 0.1) is 12.7 Å². The van der Waals surface area contributed by atoms with Crippen molar-refractivity contribution in [2.45, 2.75) is 64.6 Å². The van der Waals surface area contributed by atoms with E-state index >= 15 is 0 Å². The summed E-state index contributed by atoms with van der Waals surface area (Å²) >= 11 is 0. The molecule has 1 aliphatic heterocycles. The van der Waals surface area contributed by atoms with Gasteiger partial charge in [-0.2, -0.15) is 0 Å². The molecular weight excluding hydrogens is 368 g/mol. The molecule has 1 heterocycles. The Hall–Kier alpha value is -2.14. The second-order valence-corrected chi connectivity index (χ2v) is 9.04. The molecule has 0 spiro atoms. The lowest BCUT2D eigenvalue weighted by Gasteiger charge is -2.51. The fourth-order valence-corrected chi connectivity index (χ4v) is 4.71. The van der Waals surface area contributed by atoms with Gasteiger partial charge in [-0.1, -0.05) is 30.3 Å². The number of carbonyl (C=O) groups excluding carboxylic acids is 2. The van der Waals surface area contributed by atoms with E-state index < -0.39 is 11.0 Å². The van der Waals surface area contributed by atoms with Gasteiger partial charge in [-0.05, 0) is 57.9 Å². The third kappa shape index (κ3) is 4.55. The molecule has 1 aromatic rings. The van der Waals surface area contributed by atoms with Crippen molar-refractivity contribution in [1.82, 2.24) is 10.4 Å². The van der Waals surface area contributed by atoms with Crippen LogP contribution in [0, 0.1) is 11.3 Å².